The molecule has 1 saturated heterocycles. The Bertz CT molecular complexity index is 1370. The van der Waals surface area contributed by atoms with Crippen LogP contribution in [0.3, 0.4) is 0 Å². The molecule has 0 saturated carbocycles. The van der Waals surface area contributed by atoms with Crippen LogP contribution in [0.15, 0.2) is 67.0 Å². The van der Waals surface area contributed by atoms with Crippen molar-refractivity contribution >= 4 is 16.9 Å². The summed E-state index contributed by atoms with van der Waals surface area (Å²) < 4.78 is 20.8. The van der Waals surface area contributed by atoms with Gasteiger partial charge in [-0.25, -0.2) is 9.37 Å². The number of carbonyl (C=O) groups is 1. The molecular weight excluding hydrogens is 457 g/mol. The first-order chi connectivity index (χ1) is 17.4. The zero-order chi connectivity index (χ0) is 25.2. The number of rotatable bonds is 6. The summed E-state index contributed by atoms with van der Waals surface area (Å²) in [6, 6.07) is 16.0. The Hall–Kier alpha value is -3.75. The lowest BCUT2D eigenvalue weighted by Gasteiger charge is -2.40. The van der Waals surface area contributed by atoms with Crippen molar-refractivity contribution in [2.45, 2.75) is 25.4 Å². The Morgan fingerprint density at radius 2 is 2.00 bits per heavy atom. The van der Waals surface area contributed by atoms with E-state index < -0.39 is 11.9 Å². The van der Waals surface area contributed by atoms with Gasteiger partial charge in [-0.15, -0.1) is 0 Å². The van der Waals surface area contributed by atoms with Crippen LogP contribution in [0.5, 0.6) is 11.5 Å². The number of ether oxygens (including phenoxy) is 1. The smallest absolute Gasteiger partial charge is 0.239 e. The topological polar surface area (TPSA) is 87.5 Å². The lowest BCUT2D eigenvalue weighted by Crippen LogP contribution is -2.53. The summed E-state index contributed by atoms with van der Waals surface area (Å²) >= 11 is 0. The number of hydrogen-bond acceptors (Lipinski definition) is 5. The molecule has 4 aromatic rings. The Balaban J connectivity index is 1.26. The molecule has 5 rings (SSSR count). The van der Waals surface area contributed by atoms with E-state index in [1.807, 2.05) is 36.2 Å². The molecule has 0 aliphatic carbocycles. The summed E-state index contributed by atoms with van der Waals surface area (Å²) in [5.74, 6) is 0.0118. The highest BCUT2D eigenvalue weighted by atomic mass is 19.1. The van der Waals surface area contributed by atoms with Crippen molar-refractivity contribution in [2.75, 3.05) is 26.7 Å². The number of pyridine rings is 1. The molecule has 8 heteroatoms. The Morgan fingerprint density at radius 3 is 2.78 bits per heavy atom. The molecule has 186 valence electrons. The third kappa shape index (κ3) is 4.82. The minimum Gasteiger partial charge on any atom is -0.453 e. The monoisotopic (exact) mass is 487 g/mol. The SMILES string of the molecule is Cc1c[nH]c2nccc(Oc3ccc(C[C@H](N)C(=O)N4CCN(C)C(c5ccccc5)C4)cc3F)c12. The van der Waals surface area contributed by atoms with Crippen LogP contribution in [0.4, 0.5) is 4.39 Å². The predicted octanol–water partition coefficient (Wildman–Crippen LogP) is 4.19. The number of aromatic amines is 1. The number of fused-ring (bicyclic) bond motifs is 1. The minimum atomic E-state index is -0.752. The number of likely N-dealkylation sites (N-methyl/N-ethyl adjacent to an activating group) is 1. The molecule has 36 heavy (non-hydrogen) atoms. The Kier molecular flexibility index (Phi) is 6.71. The zero-order valence-corrected chi connectivity index (χ0v) is 20.4. The third-order valence-corrected chi connectivity index (χ3v) is 6.87. The highest BCUT2D eigenvalue weighted by Crippen LogP contribution is 2.32. The average Bonchev–Trinajstić information content (AvgIpc) is 3.27. The van der Waals surface area contributed by atoms with Crippen molar-refractivity contribution in [3.8, 4) is 11.5 Å². The van der Waals surface area contributed by atoms with Crippen LogP contribution >= 0.6 is 0 Å². The molecule has 0 spiro atoms. The fraction of sp³-hybridized carbons (Fsp3) is 0.286. The predicted molar refractivity (Wildman–Crippen MR) is 137 cm³/mol. The number of nitrogens with zero attached hydrogens (tertiary/aromatic N) is 3. The summed E-state index contributed by atoms with van der Waals surface area (Å²) in [5.41, 5.74) is 9.78. The number of H-pyrrole nitrogens is 1. The molecule has 2 aromatic carbocycles. The number of carbonyl (C=O) groups excluding carboxylic acids is 1. The molecule has 1 fully saturated rings. The van der Waals surface area contributed by atoms with Crippen molar-refractivity contribution in [1.29, 1.82) is 0 Å². The molecule has 7 nitrogen and oxygen atoms in total. The van der Waals surface area contributed by atoms with Gasteiger partial charge in [-0.05, 0) is 55.3 Å². The van der Waals surface area contributed by atoms with Gasteiger partial charge in [-0.3, -0.25) is 9.69 Å². The summed E-state index contributed by atoms with van der Waals surface area (Å²) in [7, 11) is 2.07. The van der Waals surface area contributed by atoms with E-state index in [0.717, 1.165) is 17.5 Å². The Morgan fingerprint density at radius 1 is 1.19 bits per heavy atom. The van der Waals surface area contributed by atoms with Crippen LogP contribution in [0.2, 0.25) is 0 Å². The lowest BCUT2D eigenvalue weighted by atomic mass is 10.0. The van der Waals surface area contributed by atoms with E-state index in [1.165, 1.54) is 11.6 Å². The average molecular weight is 488 g/mol. The van der Waals surface area contributed by atoms with Gasteiger partial charge in [-0.2, -0.15) is 0 Å². The number of amides is 1. The van der Waals surface area contributed by atoms with Crippen LogP contribution in [0, 0.1) is 12.7 Å². The first-order valence-corrected chi connectivity index (χ1v) is 12.1. The van der Waals surface area contributed by atoms with Gasteiger partial charge in [0.2, 0.25) is 5.91 Å². The maximum absolute atomic E-state index is 15.0. The van der Waals surface area contributed by atoms with Gasteiger partial charge in [0.05, 0.1) is 17.5 Å². The van der Waals surface area contributed by atoms with Gasteiger partial charge in [0.25, 0.3) is 0 Å². The van der Waals surface area contributed by atoms with Crippen molar-refractivity contribution in [2.24, 2.45) is 5.73 Å². The Labute approximate surface area is 209 Å². The summed E-state index contributed by atoms with van der Waals surface area (Å²) in [5, 5.41) is 0.814. The van der Waals surface area contributed by atoms with Crippen LogP contribution < -0.4 is 10.5 Å². The quantitative estimate of drug-likeness (QED) is 0.426. The molecule has 1 unspecified atom stereocenters. The number of aromatic nitrogens is 2. The van der Waals surface area contributed by atoms with Crippen LogP contribution in [0.25, 0.3) is 11.0 Å². The van der Waals surface area contributed by atoms with Gasteiger partial charge in [0.15, 0.2) is 11.6 Å². The molecule has 2 aromatic heterocycles. The van der Waals surface area contributed by atoms with Crippen LogP contribution in [0.1, 0.15) is 22.7 Å². The van der Waals surface area contributed by atoms with E-state index in [-0.39, 0.29) is 24.1 Å². The van der Waals surface area contributed by atoms with Crippen LogP contribution in [-0.4, -0.2) is 58.4 Å². The third-order valence-electron chi connectivity index (χ3n) is 6.87. The van der Waals surface area contributed by atoms with Crippen molar-refractivity contribution in [3.05, 3.63) is 89.5 Å². The number of benzene rings is 2. The van der Waals surface area contributed by atoms with Crippen molar-refractivity contribution in [3.63, 3.8) is 0 Å². The number of nitrogens with one attached hydrogen (secondary N) is 1. The highest BCUT2D eigenvalue weighted by Gasteiger charge is 2.30. The van der Waals surface area contributed by atoms with E-state index in [1.54, 1.807) is 24.4 Å². The molecule has 3 heterocycles. The normalized spacial score (nSPS) is 17.3. The maximum atomic E-state index is 15.0. The fourth-order valence-corrected chi connectivity index (χ4v) is 4.83. The zero-order valence-electron chi connectivity index (χ0n) is 20.4. The van der Waals surface area contributed by atoms with Crippen molar-refractivity contribution < 1.29 is 13.9 Å². The summed E-state index contributed by atoms with van der Waals surface area (Å²) in [6.45, 7) is 3.90. The summed E-state index contributed by atoms with van der Waals surface area (Å²) in [4.78, 5) is 24.6. The van der Waals surface area contributed by atoms with Gasteiger partial charge in [0, 0.05) is 32.0 Å². The molecule has 2 atom stereocenters. The highest BCUT2D eigenvalue weighted by molar-refractivity contribution is 5.86. The number of hydrogen-bond donors (Lipinski definition) is 2. The van der Waals surface area contributed by atoms with Gasteiger partial charge < -0.3 is 20.4 Å². The fourth-order valence-electron chi connectivity index (χ4n) is 4.83. The van der Waals surface area contributed by atoms with Gasteiger partial charge in [-0.1, -0.05) is 36.4 Å². The van der Waals surface area contributed by atoms with E-state index in [2.05, 4.69) is 34.0 Å². The maximum Gasteiger partial charge on any atom is 0.239 e. The molecule has 3 N–H and O–H groups in total. The summed E-state index contributed by atoms with van der Waals surface area (Å²) in [6.07, 6.45) is 3.70. The van der Waals surface area contributed by atoms with Gasteiger partial charge >= 0.3 is 0 Å². The van der Waals surface area contributed by atoms with E-state index in [9.17, 15) is 9.18 Å². The second-order valence-corrected chi connectivity index (χ2v) is 9.37. The number of halogens is 1. The van der Waals surface area contributed by atoms with Gasteiger partial charge in [0.1, 0.15) is 11.4 Å². The first kappa shape index (κ1) is 24.0. The molecule has 1 amide bonds. The molecule has 1 aliphatic rings. The lowest BCUT2D eigenvalue weighted by molar-refractivity contribution is -0.135. The molecule has 1 aliphatic heterocycles. The molecule has 0 radical (unpaired) electrons. The first-order valence-electron chi connectivity index (χ1n) is 12.1. The largest absolute Gasteiger partial charge is 0.453 e. The van der Waals surface area contributed by atoms with E-state index in [0.29, 0.717) is 30.0 Å². The second-order valence-electron chi connectivity index (χ2n) is 9.37. The van der Waals surface area contributed by atoms with Crippen molar-refractivity contribution in [1.82, 2.24) is 19.8 Å². The van der Waals surface area contributed by atoms with Crippen LogP contribution in [-0.2, 0) is 11.2 Å². The minimum absolute atomic E-state index is 0.108. The molecule has 0 bridgehead atoms. The number of aryl methyl sites for hydroxylation is 1. The molecular formula is C28H30FN5O2. The number of nitrogens with two attached hydrogens (primary N) is 1. The second kappa shape index (κ2) is 10.1. The van der Waals surface area contributed by atoms with E-state index in [4.69, 9.17) is 10.5 Å². The standard InChI is InChI=1S/C28H30FN5O2/c1-18-16-32-27-26(18)25(10-11-31-27)36-24-9-8-19(14-21(24)29)15-22(30)28(35)34-13-12-33(2)23(17-34)20-6-4-3-5-7-20/h3-11,14,16,22-23H,12-13,15,17,30H2,1-2H3,(H,31,32)/t22-,23?/m0/s1. The van der Waals surface area contributed by atoms with E-state index >= 15 is 0 Å². The number of piperazine rings is 1.